The Hall–Kier alpha value is -2.67. The molecule has 0 bridgehead atoms. The molecule has 1 unspecified atom stereocenters. The Kier molecular flexibility index (Phi) is 5.94. The van der Waals surface area contributed by atoms with Gasteiger partial charge in [0.25, 0.3) is 5.56 Å². The molecule has 0 radical (unpaired) electrons. The van der Waals surface area contributed by atoms with Crippen LogP contribution in [0.15, 0.2) is 47.4 Å². The van der Waals surface area contributed by atoms with Crippen molar-refractivity contribution < 1.29 is 4.79 Å². The van der Waals surface area contributed by atoms with E-state index in [1.165, 1.54) is 4.68 Å². The zero-order valence-corrected chi connectivity index (χ0v) is 17.0. The van der Waals surface area contributed by atoms with E-state index in [0.29, 0.717) is 13.1 Å². The van der Waals surface area contributed by atoms with Crippen molar-refractivity contribution in [2.45, 2.75) is 19.9 Å². The molecule has 2 aliphatic heterocycles. The van der Waals surface area contributed by atoms with Gasteiger partial charge in [0.1, 0.15) is 0 Å². The van der Waals surface area contributed by atoms with E-state index in [2.05, 4.69) is 21.8 Å². The van der Waals surface area contributed by atoms with Crippen LogP contribution >= 0.6 is 0 Å². The fourth-order valence-electron chi connectivity index (χ4n) is 4.21. The molecule has 2 saturated heterocycles. The van der Waals surface area contributed by atoms with E-state index >= 15 is 0 Å². The average molecular weight is 396 g/mol. The monoisotopic (exact) mass is 395 g/mol. The highest BCUT2D eigenvalue weighted by Crippen LogP contribution is 2.24. The smallest absolute Gasteiger partial charge is 0.269 e. The predicted molar refractivity (Wildman–Crippen MR) is 113 cm³/mol. The molecule has 1 amide bonds. The van der Waals surface area contributed by atoms with E-state index in [-0.39, 0.29) is 17.4 Å². The number of aromatic nitrogens is 2. The number of benzene rings is 1. The number of carbonyl (C=O) groups excluding carboxylic acids is 1. The molecule has 4 rings (SSSR count). The summed E-state index contributed by atoms with van der Waals surface area (Å²) < 4.78 is 1.48. The molecule has 1 aromatic heterocycles. The minimum absolute atomic E-state index is 0.00919. The maximum absolute atomic E-state index is 12.9. The number of amides is 1. The van der Waals surface area contributed by atoms with Gasteiger partial charge in [-0.1, -0.05) is 37.3 Å². The van der Waals surface area contributed by atoms with Crippen molar-refractivity contribution >= 4 is 11.6 Å². The summed E-state index contributed by atoms with van der Waals surface area (Å²) in [4.78, 5) is 31.9. The maximum Gasteiger partial charge on any atom is 0.269 e. The van der Waals surface area contributed by atoms with Crippen LogP contribution in [0.5, 0.6) is 0 Å². The Morgan fingerprint density at radius 2 is 1.86 bits per heavy atom. The molecule has 2 fully saturated rings. The summed E-state index contributed by atoms with van der Waals surface area (Å²) in [5, 5.41) is 4.36. The SMILES string of the molecule is CCN1CCN(C(=O)C2CCN(c3cnn(Cc4ccccc4)c(=O)c3)C2)CC1. The van der Waals surface area contributed by atoms with Gasteiger partial charge in [-0.05, 0) is 18.5 Å². The van der Waals surface area contributed by atoms with Gasteiger partial charge in [0.2, 0.25) is 5.91 Å². The quantitative estimate of drug-likeness (QED) is 0.763. The normalized spacial score (nSPS) is 20.2. The number of likely N-dealkylation sites (N-methyl/N-ethyl adjacent to an activating group) is 1. The second-order valence-corrected chi connectivity index (χ2v) is 7.89. The maximum atomic E-state index is 12.9. The first-order chi connectivity index (χ1) is 14.1. The Balaban J connectivity index is 1.37. The molecule has 1 atom stereocenters. The van der Waals surface area contributed by atoms with Crippen molar-refractivity contribution in [2.75, 3.05) is 50.7 Å². The topological polar surface area (TPSA) is 61.7 Å². The fourth-order valence-corrected chi connectivity index (χ4v) is 4.21. The molecule has 0 spiro atoms. The molecule has 2 aromatic rings. The third-order valence-electron chi connectivity index (χ3n) is 6.06. The van der Waals surface area contributed by atoms with Gasteiger partial charge in [0, 0.05) is 45.3 Å². The van der Waals surface area contributed by atoms with Crippen LogP contribution < -0.4 is 10.5 Å². The van der Waals surface area contributed by atoms with Gasteiger partial charge in [-0.15, -0.1) is 0 Å². The lowest BCUT2D eigenvalue weighted by atomic mass is 10.1. The van der Waals surface area contributed by atoms with Crippen LogP contribution in [0, 0.1) is 5.92 Å². The van der Waals surface area contributed by atoms with Crippen molar-refractivity contribution in [1.82, 2.24) is 19.6 Å². The Morgan fingerprint density at radius 1 is 1.10 bits per heavy atom. The van der Waals surface area contributed by atoms with Gasteiger partial charge in [-0.3, -0.25) is 9.59 Å². The Morgan fingerprint density at radius 3 is 2.55 bits per heavy atom. The minimum atomic E-state index is -0.114. The highest BCUT2D eigenvalue weighted by molar-refractivity contribution is 5.80. The number of anilines is 1. The van der Waals surface area contributed by atoms with E-state index in [9.17, 15) is 9.59 Å². The van der Waals surface area contributed by atoms with E-state index in [4.69, 9.17) is 0 Å². The second-order valence-electron chi connectivity index (χ2n) is 7.89. The first kappa shape index (κ1) is 19.6. The second kappa shape index (κ2) is 8.78. The largest absolute Gasteiger partial charge is 0.369 e. The van der Waals surface area contributed by atoms with Gasteiger partial charge < -0.3 is 14.7 Å². The van der Waals surface area contributed by atoms with E-state index in [1.807, 2.05) is 35.2 Å². The van der Waals surface area contributed by atoms with Crippen molar-refractivity contribution in [3.05, 3.63) is 58.5 Å². The van der Waals surface area contributed by atoms with Gasteiger partial charge in [-0.2, -0.15) is 5.10 Å². The van der Waals surface area contributed by atoms with Crippen LogP contribution in [0.1, 0.15) is 18.9 Å². The van der Waals surface area contributed by atoms with Crippen molar-refractivity contribution in [2.24, 2.45) is 5.92 Å². The summed E-state index contributed by atoms with van der Waals surface area (Å²) in [6.45, 7) is 8.68. The van der Waals surface area contributed by atoms with Crippen LogP contribution in [0.3, 0.4) is 0 Å². The lowest BCUT2D eigenvalue weighted by molar-refractivity contribution is -0.136. The van der Waals surface area contributed by atoms with Gasteiger partial charge in [0.15, 0.2) is 0 Å². The van der Waals surface area contributed by atoms with Crippen LogP contribution in [-0.4, -0.2) is 71.3 Å². The number of hydrogen-bond donors (Lipinski definition) is 0. The molecule has 29 heavy (non-hydrogen) atoms. The zero-order valence-electron chi connectivity index (χ0n) is 17.0. The third kappa shape index (κ3) is 4.50. The van der Waals surface area contributed by atoms with Gasteiger partial charge in [0.05, 0.1) is 24.3 Å². The van der Waals surface area contributed by atoms with Gasteiger partial charge in [-0.25, -0.2) is 4.68 Å². The van der Waals surface area contributed by atoms with E-state index < -0.39 is 0 Å². The van der Waals surface area contributed by atoms with Crippen LogP contribution in [0.2, 0.25) is 0 Å². The summed E-state index contributed by atoms with van der Waals surface area (Å²) in [5.74, 6) is 0.267. The first-order valence-electron chi connectivity index (χ1n) is 10.5. The number of nitrogens with zero attached hydrogens (tertiary/aromatic N) is 5. The number of carbonyl (C=O) groups is 1. The van der Waals surface area contributed by atoms with Crippen LogP contribution in [-0.2, 0) is 11.3 Å². The fraction of sp³-hybridized carbons (Fsp3) is 0.500. The van der Waals surface area contributed by atoms with Crippen molar-refractivity contribution in [3.63, 3.8) is 0 Å². The Labute approximate surface area is 171 Å². The van der Waals surface area contributed by atoms with Crippen LogP contribution in [0.4, 0.5) is 5.69 Å². The van der Waals surface area contributed by atoms with E-state index in [0.717, 1.165) is 56.9 Å². The third-order valence-corrected chi connectivity index (χ3v) is 6.06. The van der Waals surface area contributed by atoms with Crippen molar-refractivity contribution in [3.8, 4) is 0 Å². The number of piperazine rings is 1. The minimum Gasteiger partial charge on any atom is -0.369 e. The molecular weight excluding hydrogens is 366 g/mol. The zero-order chi connectivity index (χ0) is 20.2. The summed E-state index contributed by atoms with van der Waals surface area (Å²) in [6, 6.07) is 11.5. The summed E-state index contributed by atoms with van der Waals surface area (Å²) in [7, 11) is 0. The molecule has 154 valence electrons. The lowest BCUT2D eigenvalue weighted by Crippen LogP contribution is -2.50. The highest BCUT2D eigenvalue weighted by atomic mass is 16.2. The summed E-state index contributed by atoms with van der Waals surface area (Å²) in [5.41, 5.74) is 1.74. The molecular formula is C22H29N5O2. The highest BCUT2D eigenvalue weighted by Gasteiger charge is 2.33. The molecule has 2 aliphatic rings. The number of rotatable bonds is 5. The van der Waals surface area contributed by atoms with E-state index in [1.54, 1.807) is 12.3 Å². The Bertz CT molecular complexity index is 890. The van der Waals surface area contributed by atoms with Gasteiger partial charge >= 0.3 is 0 Å². The number of hydrogen-bond acceptors (Lipinski definition) is 5. The molecule has 0 saturated carbocycles. The average Bonchev–Trinajstić information content (AvgIpc) is 3.26. The summed E-state index contributed by atoms with van der Waals surface area (Å²) >= 11 is 0. The molecule has 3 heterocycles. The summed E-state index contributed by atoms with van der Waals surface area (Å²) in [6.07, 6.45) is 2.58. The molecule has 0 N–H and O–H groups in total. The first-order valence-corrected chi connectivity index (χ1v) is 10.5. The van der Waals surface area contributed by atoms with Crippen molar-refractivity contribution in [1.29, 1.82) is 0 Å². The molecule has 0 aliphatic carbocycles. The molecule has 7 nitrogen and oxygen atoms in total. The predicted octanol–water partition coefficient (Wildman–Crippen LogP) is 1.28. The molecule has 1 aromatic carbocycles. The van der Waals surface area contributed by atoms with Crippen LogP contribution in [0.25, 0.3) is 0 Å². The molecule has 7 heteroatoms. The standard InChI is InChI=1S/C22H29N5O2/c1-2-24-10-12-25(13-11-24)22(29)19-8-9-26(17-19)20-14-21(28)27(23-15-20)16-18-6-4-3-5-7-18/h3-7,14-15,19H,2,8-13,16-17H2,1H3. The lowest BCUT2D eigenvalue weighted by Gasteiger charge is -2.35.